The lowest BCUT2D eigenvalue weighted by atomic mass is 10.2. The molecule has 0 amide bonds. The van der Waals surface area contributed by atoms with Crippen LogP contribution in [0.1, 0.15) is 10.4 Å². The Balaban J connectivity index is 2.38. The second kappa shape index (κ2) is 6.97. The summed E-state index contributed by atoms with van der Waals surface area (Å²) in [5, 5.41) is 0.182. The first-order chi connectivity index (χ1) is 10.7. The normalized spacial score (nSPS) is 11.1. The molecule has 0 fully saturated rings. The van der Waals surface area contributed by atoms with Gasteiger partial charge in [0.05, 0.1) is 22.7 Å². The lowest BCUT2D eigenvalue weighted by molar-refractivity contribution is 0.0600. The van der Waals surface area contributed by atoms with Gasteiger partial charge in [-0.15, -0.1) is 0 Å². The molecule has 2 aromatic carbocycles. The van der Waals surface area contributed by atoms with Crippen LogP contribution in [0.3, 0.4) is 0 Å². The molecule has 0 radical (unpaired) electrons. The quantitative estimate of drug-likeness (QED) is 0.573. The standard InChI is InChI=1S/C14H9Cl3O5S/c1-21-14(18)8-2-5-13(11(17)6-8)23(19,20)22-12-4-3-9(15)7-10(12)16/h2-7H,1H3. The second-order valence-corrected chi connectivity index (χ2v) is 7.01. The Morgan fingerprint density at radius 1 is 1.00 bits per heavy atom. The summed E-state index contributed by atoms with van der Waals surface area (Å²) in [4.78, 5) is 11.1. The van der Waals surface area contributed by atoms with E-state index < -0.39 is 16.1 Å². The number of halogens is 3. The van der Waals surface area contributed by atoms with Gasteiger partial charge >= 0.3 is 16.1 Å². The van der Waals surface area contributed by atoms with E-state index in [1.54, 1.807) is 0 Å². The number of hydrogen-bond acceptors (Lipinski definition) is 5. The molecular formula is C14H9Cl3O5S. The number of carbonyl (C=O) groups is 1. The lowest BCUT2D eigenvalue weighted by Crippen LogP contribution is -2.11. The average Bonchev–Trinajstić information content (AvgIpc) is 2.48. The molecular weight excluding hydrogens is 387 g/mol. The maximum Gasteiger partial charge on any atom is 0.340 e. The van der Waals surface area contributed by atoms with Gasteiger partial charge in [-0.3, -0.25) is 0 Å². The van der Waals surface area contributed by atoms with Crippen LogP contribution in [-0.2, 0) is 14.9 Å². The van der Waals surface area contributed by atoms with Crippen molar-refractivity contribution < 1.29 is 22.1 Å². The summed E-state index contributed by atoms with van der Waals surface area (Å²) < 4.78 is 34.1. The van der Waals surface area contributed by atoms with E-state index in [4.69, 9.17) is 39.0 Å². The SMILES string of the molecule is COC(=O)c1ccc(S(=O)(=O)Oc2ccc(Cl)cc2Cl)c(Cl)c1. The molecule has 0 atom stereocenters. The highest BCUT2D eigenvalue weighted by Crippen LogP contribution is 2.32. The molecule has 0 spiro atoms. The van der Waals surface area contributed by atoms with Gasteiger partial charge in [-0.25, -0.2) is 4.79 Å². The molecule has 0 saturated heterocycles. The predicted octanol–water partition coefficient (Wildman–Crippen LogP) is 4.20. The summed E-state index contributed by atoms with van der Waals surface area (Å²) in [6.45, 7) is 0. The number of hydrogen-bond donors (Lipinski definition) is 0. The molecule has 2 rings (SSSR count). The Morgan fingerprint density at radius 2 is 1.70 bits per heavy atom. The van der Waals surface area contributed by atoms with Crippen molar-refractivity contribution in [2.45, 2.75) is 4.90 Å². The summed E-state index contributed by atoms with van der Waals surface area (Å²) in [7, 11) is -3.04. The van der Waals surface area contributed by atoms with Gasteiger partial charge in [-0.05, 0) is 36.4 Å². The number of rotatable bonds is 4. The molecule has 0 unspecified atom stereocenters. The number of ether oxygens (including phenoxy) is 1. The van der Waals surface area contributed by atoms with Crippen molar-refractivity contribution >= 4 is 50.9 Å². The lowest BCUT2D eigenvalue weighted by Gasteiger charge is -2.10. The fraction of sp³-hybridized carbons (Fsp3) is 0.0714. The Morgan fingerprint density at radius 3 is 2.26 bits per heavy atom. The molecule has 0 heterocycles. The molecule has 0 aliphatic rings. The third kappa shape index (κ3) is 4.09. The maximum atomic E-state index is 12.3. The maximum absolute atomic E-state index is 12.3. The predicted molar refractivity (Wildman–Crippen MR) is 87.1 cm³/mol. The smallest absolute Gasteiger partial charge is 0.340 e. The highest BCUT2D eigenvalue weighted by atomic mass is 35.5. The molecule has 0 aliphatic carbocycles. The van der Waals surface area contributed by atoms with Crippen molar-refractivity contribution in [2.24, 2.45) is 0 Å². The van der Waals surface area contributed by atoms with Gasteiger partial charge in [0.15, 0.2) is 5.75 Å². The fourth-order valence-corrected chi connectivity index (χ4v) is 3.62. The third-order valence-corrected chi connectivity index (χ3v) is 4.96. The van der Waals surface area contributed by atoms with Gasteiger partial charge in [-0.2, -0.15) is 8.42 Å². The Labute approximate surface area is 147 Å². The molecule has 9 heteroatoms. The highest BCUT2D eigenvalue weighted by molar-refractivity contribution is 7.87. The van der Waals surface area contributed by atoms with E-state index in [-0.39, 0.29) is 26.3 Å². The molecule has 23 heavy (non-hydrogen) atoms. The number of benzene rings is 2. The Kier molecular flexibility index (Phi) is 5.41. The van der Waals surface area contributed by atoms with Crippen molar-refractivity contribution in [1.29, 1.82) is 0 Å². The Bertz CT molecular complexity index is 865. The van der Waals surface area contributed by atoms with Gasteiger partial charge in [0.2, 0.25) is 0 Å². The van der Waals surface area contributed by atoms with E-state index in [9.17, 15) is 13.2 Å². The summed E-state index contributed by atoms with van der Waals surface area (Å²) in [6.07, 6.45) is 0. The van der Waals surface area contributed by atoms with E-state index in [2.05, 4.69) is 4.74 Å². The minimum atomic E-state index is -4.24. The molecule has 0 aromatic heterocycles. The van der Waals surface area contributed by atoms with Crippen LogP contribution >= 0.6 is 34.8 Å². The van der Waals surface area contributed by atoms with E-state index in [0.29, 0.717) is 5.02 Å². The van der Waals surface area contributed by atoms with Gasteiger partial charge in [0.25, 0.3) is 0 Å². The van der Waals surface area contributed by atoms with Crippen molar-refractivity contribution in [3.8, 4) is 5.75 Å². The first kappa shape index (κ1) is 17.9. The fourth-order valence-electron chi connectivity index (χ4n) is 1.65. The van der Waals surface area contributed by atoms with Crippen LogP contribution in [0.5, 0.6) is 5.75 Å². The second-order valence-electron chi connectivity index (χ2n) is 4.25. The third-order valence-electron chi connectivity index (χ3n) is 2.72. The van der Waals surface area contributed by atoms with Crippen molar-refractivity contribution in [1.82, 2.24) is 0 Å². The topological polar surface area (TPSA) is 69.7 Å². The largest absolute Gasteiger partial charge is 0.465 e. The number of carbonyl (C=O) groups excluding carboxylic acids is 1. The summed E-state index contributed by atoms with van der Waals surface area (Å²) in [5.74, 6) is -0.735. The molecule has 2 aromatic rings. The van der Waals surface area contributed by atoms with Gasteiger partial charge < -0.3 is 8.92 Å². The van der Waals surface area contributed by atoms with Crippen LogP contribution in [-0.4, -0.2) is 21.5 Å². The van der Waals surface area contributed by atoms with Crippen LogP contribution in [0, 0.1) is 0 Å². The summed E-state index contributed by atoms with van der Waals surface area (Å²) in [5.41, 5.74) is 0.112. The summed E-state index contributed by atoms with van der Waals surface area (Å²) in [6, 6.07) is 7.67. The van der Waals surface area contributed by atoms with Crippen LogP contribution in [0.2, 0.25) is 15.1 Å². The van der Waals surface area contributed by atoms with Crippen molar-refractivity contribution in [3.05, 3.63) is 57.0 Å². The molecule has 0 bridgehead atoms. The van der Waals surface area contributed by atoms with Crippen molar-refractivity contribution in [3.63, 3.8) is 0 Å². The first-order valence-electron chi connectivity index (χ1n) is 6.02. The van der Waals surface area contributed by atoms with Crippen molar-refractivity contribution in [2.75, 3.05) is 7.11 Å². The van der Waals surface area contributed by atoms with Crippen LogP contribution in [0.25, 0.3) is 0 Å². The van der Waals surface area contributed by atoms with Gasteiger partial charge in [0.1, 0.15) is 4.90 Å². The van der Waals surface area contributed by atoms with E-state index in [0.717, 1.165) is 6.07 Å². The zero-order valence-corrected chi connectivity index (χ0v) is 14.6. The van der Waals surface area contributed by atoms with E-state index in [1.165, 1.54) is 37.4 Å². The zero-order chi connectivity index (χ0) is 17.2. The van der Waals surface area contributed by atoms with Crippen LogP contribution in [0.15, 0.2) is 41.3 Å². The zero-order valence-electron chi connectivity index (χ0n) is 11.5. The Hall–Kier alpha value is -1.47. The summed E-state index contributed by atoms with van der Waals surface area (Å²) >= 11 is 17.5. The van der Waals surface area contributed by atoms with Crippen LogP contribution in [0.4, 0.5) is 0 Å². The minimum Gasteiger partial charge on any atom is -0.465 e. The van der Waals surface area contributed by atoms with E-state index >= 15 is 0 Å². The molecule has 0 saturated carbocycles. The molecule has 0 N–H and O–H groups in total. The monoisotopic (exact) mass is 394 g/mol. The van der Waals surface area contributed by atoms with Crippen LogP contribution < -0.4 is 4.18 Å². The number of methoxy groups -OCH3 is 1. The minimum absolute atomic E-state index is 0.0309. The number of esters is 1. The molecule has 122 valence electrons. The van der Waals surface area contributed by atoms with Gasteiger partial charge in [-0.1, -0.05) is 34.8 Å². The van der Waals surface area contributed by atoms with E-state index in [1.807, 2.05) is 0 Å². The highest BCUT2D eigenvalue weighted by Gasteiger charge is 2.23. The first-order valence-corrected chi connectivity index (χ1v) is 8.56. The molecule has 0 aliphatic heterocycles. The average molecular weight is 396 g/mol. The molecule has 5 nitrogen and oxygen atoms in total. The van der Waals surface area contributed by atoms with Gasteiger partial charge in [0, 0.05) is 5.02 Å².